The second-order valence-corrected chi connectivity index (χ2v) is 8.83. The van der Waals surface area contributed by atoms with Crippen molar-refractivity contribution in [2.45, 2.75) is 52.3 Å². The van der Waals surface area contributed by atoms with E-state index in [-0.39, 0.29) is 12.6 Å². The molecule has 156 valence electrons. The van der Waals surface area contributed by atoms with Crippen molar-refractivity contribution in [3.05, 3.63) is 41.6 Å². The fourth-order valence-electron chi connectivity index (χ4n) is 4.39. The zero-order valence-corrected chi connectivity index (χ0v) is 17.7. The number of amides is 1. The topological polar surface area (TPSA) is 71.8 Å². The summed E-state index contributed by atoms with van der Waals surface area (Å²) in [5.41, 5.74) is 3.44. The first-order chi connectivity index (χ1) is 14.2. The lowest BCUT2D eigenvalue weighted by atomic mass is 9.80. The van der Waals surface area contributed by atoms with E-state index in [4.69, 9.17) is 4.74 Å². The molecule has 1 unspecified atom stereocenters. The highest BCUT2D eigenvalue weighted by molar-refractivity contribution is 6.00. The number of benzene rings is 1. The molecule has 2 atom stereocenters. The summed E-state index contributed by atoms with van der Waals surface area (Å²) in [5, 5.41) is 10.8. The first-order valence-electron chi connectivity index (χ1n) is 10.1. The lowest BCUT2D eigenvalue weighted by Gasteiger charge is -2.41. The number of hydrogen-bond donors (Lipinski definition) is 1. The molecule has 2 heterocycles. The molecule has 2 aromatic rings. The molecule has 0 bridgehead atoms. The number of ether oxygens (including phenoxy) is 1. The normalized spacial score (nSPS) is 20.1. The minimum absolute atomic E-state index is 0.103. The number of carbonyl (C=O) groups excluding carboxylic acids is 1. The number of carbonyl (C=O) groups is 2. The van der Waals surface area contributed by atoms with Gasteiger partial charge in [0.25, 0.3) is 0 Å². The molecule has 1 N–H and O–H groups in total. The fourth-order valence-corrected chi connectivity index (χ4v) is 4.39. The van der Waals surface area contributed by atoms with Crippen LogP contribution in [0.4, 0.5) is 4.79 Å². The summed E-state index contributed by atoms with van der Waals surface area (Å²) < 4.78 is 7.74. The molecule has 2 aliphatic rings. The number of hydrogen-bond acceptors (Lipinski definition) is 3. The van der Waals surface area contributed by atoms with Crippen molar-refractivity contribution in [1.82, 2.24) is 9.47 Å². The van der Waals surface area contributed by atoms with E-state index in [9.17, 15) is 14.7 Å². The Labute approximate surface area is 176 Å². The van der Waals surface area contributed by atoms with E-state index >= 15 is 0 Å². The lowest BCUT2D eigenvalue weighted by molar-refractivity contribution is -0.140. The molecule has 0 saturated carbocycles. The highest BCUT2D eigenvalue weighted by Crippen LogP contribution is 2.42. The quantitative estimate of drug-likeness (QED) is 0.768. The van der Waals surface area contributed by atoms with Gasteiger partial charge >= 0.3 is 12.1 Å². The third-order valence-corrected chi connectivity index (χ3v) is 5.59. The number of aliphatic carboxylic acids is 1. The van der Waals surface area contributed by atoms with Crippen molar-refractivity contribution < 1.29 is 19.4 Å². The Kier molecular flexibility index (Phi) is 4.85. The predicted octanol–water partition coefficient (Wildman–Crippen LogP) is 3.92. The molecule has 1 amide bonds. The summed E-state index contributed by atoms with van der Waals surface area (Å²) in [5.74, 6) is 4.33. The zero-order valence-electron chi connectivity index (χ0n) is 17.7. The number of aromatic nitrogens is 1. The van der Waals surface area contributed by atoms with Gasteiger partial charge in [-0.1, -0.05) is 24.1 Å². The smallest absolute Gasteiger partial charge is 0.410 e. The molecule has 0 saturated heterocycles. The van der Waals surface area contributed by atoms with E-state index in [2.05, 4.69) is 28.7 Å². The van der Waals surface area contributed by atoms with Crippen LogP contribution in [0.2, 0.25) is 0 Å². The third kappa shape index (κ3) is 3.45. The Morgan fingerprint density at radius 3 is 2.73 bits per heavy atom. The largest absolute Gasteiger partial charge is 0.481 e. The first kappa shape index (κ1) is 20.1. The van der Waals surface area contributed by atoms with Crippen LogP contribution < -0.4 is 0 Å². The van der Waals surface area contributed by atoms with E-state index in [1.807, 2.05) is 45.9 Å². The van der Waals surface area contributed by atoms with E-state index in [1.165, 1.54) is 0 Å². The van der Waals surface area contributed by atoms with Crippen LogP contribution in [-0.4, -0.2) is 44.8 Å². The molecule has 6 nitrogen and oxygen atoms in total. The Balaban J connectivity index is 1.83. The lowest BCUT2D eigenvalue weighted by Crippen LogP contribution is -2.51. The third-order valence-electron chi connectivity index (χ3n) is 5.59. The second-order valence-electron chi connectivity index (χ2n) is 8.83. The highest BCUT2D eigenvalue weighted by atomic mass is 16.6. The zero-order chi connectivity index (χ0) is 21.6. The van der Waals surface area contributed by atoms with Crippen LogP contribution in [0.25, 0.3) is 16.5 Å². The number of carboxylic acid groups (broad SMARTS) is 1. The minimum atomic E-state index is -0.941. The summed E-state index contributed by atoms with van der Waals surface area (Å²) in [6, 6.07) is 5.80. The van der Waals surface area contributed by atoms with Crippen LogP contribution >= 0.6 is 0 Å². The van der Waals surface area contributed by atoms with Gasteiger partial charge < -0.3 is 14.4 Å². The van der Waals surface area contributed by atoms with Crippen molar-refractivity contribution in [2.24, 2.45) is 5.92 Å². The van der Waals surface area contributed by atoms with Crippen LogP contribution in [0.15, 0.2) is 30.5 Å². The first-order valence-corrected chi connectivity index (χ1v) is 10.1. The van der Waals surface area contributed by atoms with Crippen LogP contribution in [0.1, 0.15) is 38.8 Å². The molecule has 0 spiro atoms. The highest BCUT2D eigenvalue weighted by Gasteiger charge is 2.41. The van der Waals surface area contributed by atoms with Gasteiger partial charge in [0.1, 0.15) is 5.60 Å². The SMILES string of the molecule is CC#CCn1cc2c3c(cccc31)C1=CC(C(=O)O)CN(C(=O)OC(C)(C)C)[C@@H]1C2. The molecule has 1 aromatic carbocycles. The van der Waals surface area contributed by atoms with E-state index in [0.717, 1.165) is 27.6 Å². The Morgan fingerprint density at radius 1 is 1.30 bits per heavy atom. The van der Waals surface area contributed by atoms with Crippen molar-refractivity contribution in [2.75, 3.05) is 6.54 Å². The van der Waals surface area contributed by atoms with Gasteiger partial charge in [-0.15, -0.1) is 5.92 Å². The average molecular weight is 406 g/mol. The van der Waals surface area contributed by atoms with E-state index < -0.39 is 23.6 Å². The summed E-state index contributed by atoms with van der Waals surface area (Å²) in [4.78, 5) is 26.4. The maximum atomic E-state index is 13.0. The Morgan fingerprint density at radius 2 is 2.07 bits per heavy atom. The molecule has 0 radical (unpaired) electrons. The van der Waals surface area contributed by atoms with Crippen LogP contribution in [0.5, 0.6) is 0 Å². The molecule has 1 aliphatic heterocycles. The minimum Gasteiger partial charge on any atom is -0.481 e. The van der Waals surface area contributed by atoms with E-state index in [0.29, 0.717) is 13.0 Å². The molecule has 4 rings (SSSR count). The Hall–Kier alpha value is -3.20. The standard InChI is InChI=1S/C24H26N2O4/c1-5-6-10-25-13-15-12-20-18(17-8-7-9-19(25)21(15)17)11-16(22(27)28)14-26(20)23(29)30-24(2,3)4/h7-9,11,13,16,20H,10,12,14H2,1-4H3,(H,27,28)/t16?,20-/m1/s1. The Bertz CT molecular complexity index is 1120. The molecular weight excluding hydrogens is 380 g/mol. The van der Waals surface area contributed by atoms with Gasteiger partial charge in [-0.05, 0) is 56.9 Å². The van der Waals surface area contributed by atoms with Crippen molar-refractivity contribution in [1.29, 1.82) is 0 Å². The van der Waals surface area contributed by atoms with Gasteiger partial charge in [-0.25, -0.2) is 4.79 Å². The molecule has 1 aromatic heterocycles. The van der Waals surface area contributed by atoms with Gasteiger partial charge in [-0.3, -0.25) is 9.69 Å². The van der Waals surface area contributed by atoms with Crippen molar-refractivity contribution in [3.63, 3.8) is 0 Å². The van der Waals surface area contributed by atoms with Crippen molar-refractivity contribution >= 4 is 28.5 Å². The monoisotopic (exact) mass is 406 g/mol. The molecule has 0 fully saturated rings. The van der Waals surface area contributed by atoms with Gasteiger partial charge in [0.15, 0.2) is 0 Å². The van der Waals surface area contributed by atoms with Gasteiger partial charge in [0.2, 0.25) is 0 Å². The van der Waals surface area contributed by atoms with Crippen LogP contribution in [0.3, 0.4) is 0 Å². The van der Waals surface area contributed by atoms with Crippen molar-refractivity contribution in [3.8, 4) is 11.8 Å². The molecule has 30 heavy (non-hydrogen) atoms. The van der Waals surface area contributed by atoms with Gasteiger partial charge in [0.05, 0.1) is 18.5 Å². The molecule has 6 heteroatoms. The average Bonchev–Trinajstić information content (AvgIpc) is 3.03. The molecule has 1 aliphatic carbocycles. The summed E-state index contributed by atoms with van der Waals surface area (Å²) in [6.07, 6.45) is 4.06. The summed E-state index contributed by atoms with van der Waals surface area (Å²) in [6.45, 7) is 7.96. The van der Waals surface area contributed by atoms with Gasteiger partial charge in [-0.2, -0.15) is 0 Å². The second kappa shape index (κ2) is 7.24. The summed E-state index contributed by atoms with van der Waals surface area (Å²) >= 11 is 0. The maximum Gasteiger partial charge on any atom is 0.410 e. The van der Waals surface area contributed by atoms with E-state index in [1.54, 1.807) is 4.90 Å². The van der Waals surface area contributed by atoms with Gasteiger partial charge in [0, 0.05) is 23.6 Å². The van der Waals surface area contributed by atoms with Crippen LogP contribution in [0, 0.1) is 17.8 Å². The number of carboxylic acids is 1. The molecular formula is C24H26N2O4. The van der Waals surface area contributed by atoms with Crippen LogP contribution in [-0.2, 0) is 22.5 Å². The fraction of sp³-hybridized carbons (Fsp3) is 0.417. The summed E-state index contributed by atoms with van der Waals surface area (Å²) in [7, 11) is 0. The maximum absolute atomic E-state index is 13.0. The number of fused-ring (bicyclic) bond motifs is 2. The number of rotatable bonds is 2. The predicted molar refractivity (Wildman–Crippen MR) is 115 cm³/mol. The number of nitrogens with zero attached hydrogens (tertiary/aromatic N) is 2.